The van der Waals surface area contributed by atoms with E-state index in [1.165, 1.54) is 5.56 Å². The second-order valence-electron chi connectivity index (χ2n) is 5.11. The van der Waals surface area contributed by atoms with Crippen LogP contribution in [-0.2, 0) is 13.0 Å². The molecule has 3 rings (SSSR count). The highest BCUT2D eigenvalue weighted by Crippen LogP contribution is 2.17. The van der Waals surface area contributed by atoms with Gasteiger partial charge in [-0.05, 0) is 5.56 Å². The highest BCUT2D eigenvalue weighted by atomic mass is 16.5. The summed E-state index contributed by atoms with van der Waals surface area (Å²) in [6.45, 7) is 5.75. The standard InChI is InChI=1S/C15H20N4O/c1-2-15-17-14(18-20-15)11-19-9-8-16-13(10-19)12-6-4-3-5-7-12/h3-7,13,16H,2,8-11H2,1H3. The highest BCUT2D eigenvalue weighted by Gasteiger charge is 2.21. The van der Waals surface area contributed by atoms with Crippen molar-refractivity contribution in [3.8, 4) is 0 Å². The minimum absolute atomic E-state index is 0.377. The van der Waals surface area contributed by atoms with Crippen molar-refractivity contribution in [2.75, 3.05) is 19.6 Å². The van der Waals surface area contributed by atoms with Gasteiger partial charge < -0.3 is 9.84 Å². The van der Waals surface area contributed by atoms with Crippen LogP contribution in [0.4, 0.5) is 0 Å². The molecule has 5 heteroatoms. The third-order valence-corrected chi connectivity index (χ3v) is 3.64. The van der Waals surface area contributed by atoms with E-state index in [1.807, 2.05) is 6.92 Å². The van der Waals surface area contributed by atoms with E-state index >= 15 is 0 Å². The Labute approximate surface area is 119 Å². The highest BCUT2D eigenvalue weighted by molar-refractivity contribution is 5.19. The first-order valence-electron chi connectivity index (χ1n) is 7.17. The van der Waals surface area contributed by atoms with Crippen LogP contribution in [0.1, 0.15) is 30.2 Å². The van der Waals surface area contributed by atoms with Gasteiger partial charge in [-0.2, -0.15) is 4.98 Å². The Hall–Kier alpha value is -1.72. The van der Waals surface area contributed by atoms with Gasteiger partial charge in [0, 0.05) is 32.1 Å². The first-order chi connectivity index (χ1) is 9.85. The molecule has 0 radical (unpaired) electrons. The second kappa shape index (κ2) is 6.15. The van der Waals surface area contributed by atoms with E-state index in [0.717, 1.165) is 44.3 Å². The molecule has 1 N–H and O–H groups in total. The number of hydrogen-bond acceptors (Lipinski definition) is 5. The molecule has 1 aliphatic rings. The van der Waals surface area contributed by atoms with Crippen LogP contribution in [0, 0.1) is 0 Å². The van der Waals surface area contributed by atoms with E-state index in [1.54, 1.807) is 0 Å². The van der Waals surface area contributed by atoms with Crippen molar-refractivity contribution < 1.29 is 4.52 Å². The maximum absolute atomic E-state index is 5.16. The third-order valence-electron chi connectivity index (χ3n) is 3.64. The quantitative estimate of drug-likeness (QED) is 0.919. The van der Waals surface area contributed by atoms with Crippen molar-refractivity contribution >= 4 is 0 Å². The molecule has 0 aliphatic carbocycles. The van der Waals surface area contributed by atoms with Gasteiger partial charge in [-0.1, -0.05) is 42.4 Å². The number of rotatable bonds is 4. The average molecular weight is 272 g/mol. The maximum Gasteiger partial charge on any atom is 0.226 e. The van der Waals surface area contributed by atoms with E-state index in [0.29, 0.717) is 6.04 Å². The largest absolute Gasteiger partial charge is 0.339 e. The summed E-state index contributed by atoms with van der Waals surface area (Å²) in [6.07, 6.45) is 0.793. The van der Waals surface area contributed by atoms with Gasteiger partial charge in [0.1, 0.15) is 0 Å². The minimum atomic E-state index is 0.377. The molecule has 1 unspecified atom stereocenters. The third kappa shape index (κ3) is 3.05. The summed E-state index contributed by atoms with van der Waals surface area (Å²) in [5.41, 5.74) is 1.33. The molecule has 2 heterocycles. The fraction of sp³-hybridized carbons (Fsp3) is 0.467. The van der Waals surface area contributed by atoms with Crippen LogP contribution in [0.15, 0.2) is 34.9 Å². The summed E-state index contributed by atoms with van der Waals surface area (Å²) in [6, 6.07) is 10.9. The van der Waals surface area contributed by atoms with Crippen LogP contribution in [0.5, 0.6) is 0 Å². The molecule has 1 fully saturated rings. The Morgan fingerprint density at radius 1 is 1.35 bits per heavy atom. The zero-order valence-corrected chi connectivity index (χ0v) is 11.7. The smallest absolute Gasteiger partial charge is 0.226 e. The van der Waals surface area contributed by atoms with Gasteiger partial charge in [0.2, 0.25) is 5.89 Å². The minimum Gasteiger partial charge on any atom is -0.339 e. The van der Waals surface area contributed by atoms with Crippen molar-refractivity contribution in [1.29, 1.82) is 0 Å². The molecule has 106 valence electrons. The Kier molecular flexibility index (Phi) is 4.08. The van der Waals surface area contributed by atoms with Gasteiger partial charge in [0.25, 0.3) is 0 Å². The summed E-state index contributed by atoms with van der Waals surface area (Å²) in [4.78, 5) is 6.75. The average Bonchev–Trinajstić information content (AvgIpc) is 2.96. The first kappa shape index (κ1) is 13.3. The fourth-order valence-corrected chi connectivity index (χ4v) is 2.56. The molecule has 2 aromatic rings. The molecule has 0 saturated carbocycles. The molecule has 1 atom stereocenters. The second-order valence-corrected chi connectivity index (χ2v) is 5.11. The molecule has 20 heavy (non-hydrogen) atoms. The van der Waals surface area contributed by atoms with Gasteiger partial charge in [-0.15, -0.1) is 0 Å². The zero-order valence-electron chi connectivity index (χ0n) is 11.7. The lowest BCUT2D eigenvalue weighted by Crippen LogP contribution is -2.45. The van der Waals surface area contributed by atoms with Crippen LogP contribution < -0.4 is 5.32 Å². The van der Waals surface area contributed by atoms with Crippen molar-refractivity contribution in [2.24, 2.45) is 0 Å². The lowest BCUT2D eigenvalue weighted by atomic mass is 10.0. The number of hydrogen-bond donors (Lipinski definition) is 1. The van der Waals surface area contributed by atoms with Gasteiger partial charge in [0.05, 0.1) is 6.54 Å². The number of benzene rings is 1. The fourth-order valence-electron chi connectivity index (χ4n) is 2.56. The van der Waals surface area contributed by atoms with Crippen LogP contribution in [0.2, 0.25) is 0 Å². The van der Waals surface area contributed by atoms with Crippen molar-refractivity contribution in [3.05, 3.63) is 47.6 Å². The molecule has 0 spiro atoms. The lowest BCUT2D eigenvalue weighted by molar-refractivity contribution is 0.187. The predicted molar refractivity (Wildman–Crippen MR) is 76.1 cm³/mol. The van der Waals surface area contributed by atoms with Crippen molar-refractivity contribution in [2.45, 2.75) is 25.9 Å². The first-order valence-corrected chi connectivity index (χ1v) is 7.17. The Morgan fingerprint density at radius 3 is 2.95 bits per heavy atom. The lowest BCUT2D eigenvalue weighted by Gasteiger charge is -2.33. The van der Waals surface area contributed by atoms with Crippen molar-refractivity contribution in [1.82, 2.24) is 20.4 Å². The zero-order chi connectivity index (χ0) is 13.8. The van der Waals surface area contributed by atoms with E-state index < -0.39 is 0 Å². The topological polar surface area (TPSA) is 54.2 Å². The summed E-state index contributed by atoms with van der Waals surface area (Å²) >= 11 is 0. The SMILES string of the molecule is CCc1nc(CN2CCNC(c3ccccc3)C2)no1. The molecule has 1 saturated heterocycles. The van der Waals surface area contributed by atoms with Gasteiger partial charge in [0.15, 0.2) is 5.82 Å². The number of piperazine rings is 1. The monoisotopic (exact) mass is 272 g/mol. The van der Waals surface area contributed by atoms with E-state index in [4.69, 9.17) is 4.52 Å². The number of nitrogens with zero attached hydrogens (tertiary/aromatic N) is 3. The predicted octanol–water partition coefficient (Wildman–Crippen LogP) is 1.78. The molecular weight excluding hydrogens is 252 g/mol. The molecule has 1 aromatic carbocycles. The number of aromatic nitrogens is 2. The summed E-state index contributed by atoms with van der Waals surface area (Å²) in [7, 11) is 0. The van der Waals surface area contributed by atoms with E-state index in [2.05, 4.69) is 50.7 Å². The summed E-state index contributed by atoms with van der Waals surface area (Å²) < 4.78 is 5.16. The van der Waals surface area contributed by atoms with Crippen LogP contribution in [0.3, 0.4) is 0 Å². The Balaban J connectivity index is 1.63. The molecule has 1 aromatic heterocycles. The Morgan fingerprint density at radius 2 is 2.20 bits per heavy atom. The van der Waals surface area contributed by atoms with Crippen LogP contribution in [-0.4, -0.2) is 34.7 Å². The van der Waals surface area contributed by atoms with Gasteiger partial charge in [-0.25, -0.2) is 0 Å². The summed E-state index contributed by atoms with van der Waals surface area (Å²) in [5, 5.41) is 7.59. The van der Waals surface area contributed by atoms with Crippen molar-refractivity contribution in [3.63, 3.8) is 0 Å². The van der Waals surface area contributed by atoms with E-state index in [9.17, 15) is 0 Å². The molecule has 0 bridgehead atoms. The van der Waals surface area contributed by atoms with Crippen LogP contribution in [0.25, 0.3) is 0 Å². The number of aryl methyl sites for hydroxylation is 1. The molecule has 1 aliphatic heterocycles. The molecule has 0 amide bonds. The van der Waals surface area contributed by atoms with Gasteiger partial charge >= 0.3 is 0 Å². The summed E-state index contributed by atoms with van der Waals surface area (Å²) in [5.74, 6) is 1.50. The molecular formula is C15H20N4O. The number of nitrogens with one attached hydrogen (secondary N) is 1. The van der Waals surface area contributed by atoms with Gasteiger partial charge in [-0.3, -0.25) is 4.90 Å². The van der Waals surface area contributed by atoms with E-state index in [-0.39, 0.29) is 0 Å². The normalized spacial score (nSPS) is 20.1. The maximum atomic E-state index is 5.16. The Bertz CT molecular complexity index is 540. The molecule has 5 nitrogen and oxygen atoms in total. The van der Waals surface area contributed by atoms with Crippen LogP contribution >= 0.6 is 0 Å².